The number of ether oxygens (including phenoxy) is 1. The molecule has 0 atom stereocenters. The van der Waals surface area contributed by atoms with Crippen LogP contribution in [0, 0.1) is 10.1 Å². The summed E-state index contributed by atoms with van der Waals surface area (Å²) in [5.41, 5.74) is 0.356. The lowest BCUT2D eigenvalue weighted by Crippen LogP contribution is -2.52. The number of hydrogen-bond donors (Lipinski definition) is 0. The summed E-state index contributed by atoms with van der Waals surface area (Å²) < 4.78 is 4.71. The molecule has 2 aromatic rings. The SMILES string of the molecule is CCOC(=O)C(=O)N1CCN(C(=O)C=Cc2ccc(Sc3ccc(Cl)cc3Cl)c([N+](=O)[O-])c2)CC1. The summed E-state index contributed by atoms with van der Waals surface area (Å²) in [5.74, 6) is -1.93. The van der Waals surface area contributed by atoms with Gasteiger partial charge in [-0.3, -0.25) is 19.7 Å². The highest BCUT2D eigenvalue weighted by Crippen LogP contribution is 2.39. The number of carbonyl (C=O) groups is 3. The van der Waals surface area contributed by atoms with Crippen LogP contribution in [0.25, 0.3) is 6.08 Å². The monoisotopic (exact) mass is 537 g/mol. The first-order chi connectivity index (χ1) is 16.7. The Morgan fingerprint density at radius 1 is 1.06 bits per heavy atom. The standard InChI is InChI=1S/C23H21Cl2N3O6S/c1-2-34-23(31)22(30)27-11-9-26(10-12-27)21(29)8-4-15-3-6-20(18(13-15)28(32)33)35-19-7-5-16(24)14-17(19)25/h3-8,13-14H,2,9-12H2,1H3. The van der Waals surface area contributed by atoms with Gasteiger partial charge in [-0.2, -0.15) is 0 Å². The Hall–Kier alpha value is -3.08. The second-order valence-electron chi connectivity index (χ2n) is 7.33. The van der Waals surface area contributed by atoms with Gasteiger partial charge in [-0.05, 0) is 42.8 Å². The van der Waals surface area contributed by atoms with E-state index >= 15 is 0 Å². The predicted molar refractivity (Wildman–Crippen MR) is 133 cm³/mol. The van der Waals surface area contributed by atoms with Crippen LogP contribution in [0.3, 0.4) is 0 Å². The van der Waals surface area contributed by atoms with E-state index in [0.717, 1.165) is 11.8 Å². The van der Waals surface area contributed by atoms with E-state index in [-0.39, 0.29) is 44.4 Å². The molecule has 12 heteroatoms. The van der Waals surface area contributed by atoms with Crippen molar-refractivity contribution in [2.75, 3.05) is 32.8 Å². The van der Waals surface area contributed by atoms with Crippen molar-refractivity contribution < 1.29 is 24.0 Å². The van der Waals surface area contributed by atoms with Crippen molar-refractivity contribution in [1.29, 1.82) is 0 Å². The highest BCUT2D eigenvalue weighted by molar-refractivity contribution is 7.99. The highest BCUT2D eigenvalue weighted by Gasteiger charge is 2.28. The third kappa shape index (κ3) is 6.97. The predicted octanol–water partition coefficient (Wildman–Crippen LogP) is 4.30. The smallest absolute Gasteiger partial charge is 0.397 e. The number of nitrogens with zero attached hydrogens (tertiary/aromatic N) is 3. The minimum absolute atomic E-state index is 0.112. The maximum atomic E-state index is 12.6. The van der Waals surface area contributed by atoms with Gasteiger partial charge in [0.15, 0.2) is 0 Å². The summed E-state index contributed by atoms with van der Waals surface area (Å²) in [6.07, 6.45) is 2.82. The van der Waals surface area contributed by atoms with Crippen LogP contribution in [0.5, 0.6) is 0 Å². The van der Waals surface area contributed by atoms with Crippen LogP contribution >= 0.6 is 35.0 Å². The fourth-order valence-electron chi connectivity index (χ4n) is 3.27. The van der Waals surface area contributed by atoms with Crippen molar-refractivity contribution in [3.05, 3.63) is 68.2 Å². The Morgan fingerprint density at radius 2 is 1.71 bits per heavy atom. The van der Waals surface area contributed by atoms with E-state index in [9.17, 15) is 24.5 Å². The third-order valence-electron chi connectivity index (χ3n) is 5.04. The lowest BCUT2D eigenvalue weighted by atomic mass is 10.2. The Morgan fingerprint density at radius 3 is 2.34 bits per heavy atom. The number of hydrogen-bond acceptors (Lipinski definition) is 7. The molecule has 0 spiro atoms. The van der Waals surface area contributed by atoms with Gasteiger partial charge in [-0.25, -0.2) is 4.79 Å². The molecule has 0 N–H and O–H groups in total. The fraction of sp³-hybridized carbons (Fsp3) is 0.261. The maximum absolute atomic E-state index is 12.6. The number of nitro benzene ring substituents is 1. The lowest BCUT2D eigenvalue weighted by molar-refractivity contribution is -0.387. The number of halogens is 2. The molecular weight excluding hydrogens is 517 g/mol. The number of esters is 1. The molecule has 1 fully saturated rings. The number of nitro groups is 1. The van der Waals surface area contributed by atoms with Crippen molar-refractivity contribution in [2.45, 2.75) is 16.7 Å². The van der Waals surface area contributed by atoms with E-state index in [1.807, 2.05) is 0 Å². The van der Waals surface area contributed by atoms with Crippen LogP contribution < -0.4 is 0 Å². The topological polar surface area (TPSA) is 110 Å². The molecule has 1 saturated heterocycles. The van der Waals surface area contributed by atoms with Crippen molar-refractivity contribution in [2.24, 2.45) is 0 Å². The van der Waals surface area contributed by atoms with Gasteiger partial charge in [0.1, 0.15) is 0 Å². The van der Waals surface area contributed by atoms with Crippen molar-refractivity contribution in [3.63, 3.8) is 0 Å². The van der Waals surface area contributed by atoms with E-state index in [2.05, 4.69) is 0 Å². The van der Waals surface area contributed by atoms with Crippen molar-refractivity contribution in [1.82, 2.24) is 9.80 Å². The van der Waals surface area contributed by atoms with Crippen LogP contribution in [-0.4, -0.2) is 65.3 Å². The first-order valence-electron chi connectivity index (χ1n) is 10.5. The van der Waals surface area contributed by atoms with Gasteiger partial charge >= 0.3 is 11.9 Å². The van der Waals surface area contributed by atoms with Crippen LogP contribution in [-0.2, 0) is 19.1 Å². The van der Waals surface area contributed by atoms with Crippen LogP contribution in [0.15, 0.2) is 52.3 Å². The zero-order chi connectivity index (χ0) is 25.5. The summed E-state index contributed by atoms with van der Waals surface area (Å²) in [6.45, 7) is 2.66. The average molecular weight is 538 g/mol. The second kappa shape index (κ2) is 12.1. The molecule has 0 bridgehead atoms. The molecule has 2 amide bonds. The van der Waals surface area contributed by atoms with E-state index in [0.29, 0.717) is 25.4 Å². The molecule has 184 valence electrons. The maximum Gasteiger partial charge on any atom is 0.397 e. The molecule has 1 aliphatic heterocycles. The minimum Gasteiger partial charge on any atom is -0.459 e. The van der Waals surface area contributed by atoms with Gasteiger partial charge in [0.25, 0.3) is 5.69 Å². The zero-order valence-corrected chi connectivity index (χ0v) is 20.9. The van der Waals surface area contributed by atoms with Gasteiger partial charge in [-0.1, -0.05) is 41.0 Å². The summed E-state index contributed by atoms with van der Waals surface area (Å²) >= 11 is 13.2. The summed E-state index contributed by atoms with van der Waals surface area (Å²) in [6, 6.07) is 9.54. The molecule has 1 aliphatic rings. The van der Waals surface area contributed by atoms with Crippen LogP contribution in [0.4, 0.5) is 5.69 Å². The zero-order valence-electron chi connectivity index (χ0n) is 18.6. The summed E-state index contributed by atoms with van der Waals surface area (Å²) in [5, 5.41) is 12.5. The first kappa shape index (κ1) is 26.5. The third-order valence-corrected chi connectivity index (χ3v) is 6.84. The van der Waals surface area contributed by atoms with Crippen LogP contribution in [0.1, 0.15) is 12.5 Å². The average Bonchev–Trinajstić information content (AvgIpc) is 2.84. The number of piperazine rings is 1. The molecular formula is C23H21Cl2N3O6S. The lowest BCUT2D eigenvalue weighted by Gasteiger charge is -2.33. The molecule has 2 aromatic carbocycles. The Bertz CT molecular complexity index is 1180. The number of amides is 2. The largest absolute Gasteiger partial charge is 0.459 e. The Labute approximate surface area is 215 Å². The fourth-order valence-corrected chi connectivity index (χ4v) is 4.70. The quantitative estimate of drug-likeness (QED) is 0.177. The van der Waals surface area contributed by atoms with Gasteiger partial charge in [0, 0.05) is 48.2 Å². The molecule has 0 aromatic heterocycles. The normalized spacial score (nSPS) is 13.7. The minimum atomic E-state index is -0.909. The van der Waals surface area contributed by atoms with E-state index in [1.165, 1.54) is 28.0 Å². The molecule has 0 radical (unpaired) electrons. The molecule has 35 heavy (non-hydrogen) atoms. The molecule has 0 saturated carbocycles. The Balaban J connectivity index is 1.65. The number of rotatable bonds is 6. The van der Waals surface area contributed by atoms with Crippen molar-refractivity contribution in [3.8, 4) is 0 Å². The highest BCUT2D eigenvalue weighted by atomic mass is 35.5. The van der Waals surface area contributed by atoms with E-state index in [1.54, 1.807) is 37.3 Å². The first-order valence-corrected chi connectivity index (χ1v) is 12.1. The van der Waals surface area contributed by atoms with Gasteiger partial charge in [-0.15, -0.1) is 0 Å². The summed E-state index contributed by atoms with van der Waals surface area (Å²) in [4.78, 5) is 51.2. The molecule has 1 heterocycles. The van der Waals surface area contributed by atoms with E-state index < -0.39 is 16.8 Å². The summed E-state index contributed by atoms with van der Waals surface area (Å²) in [7, 11) is 0. The van der Waals surface area contributed by atoms with Crippen LogP contribution in [0.2, 0.25) is 10.0 Å². The number of carbonyl (C=O) groups excluding carboxylic acids is 3. The van der Waals surface area contributed by atoms with E-state index in [4.69, 9.17) is 27.9 Å². The molecule has 0 aliphatic carbocycles. The molecule has 3 rings (SSSR count). The number of benzene rings is 2. The van der Waals surface area contributed by atoms with Gasteiger partial charge in [0.2, 0.25) is 5.91 Å². The second-order valence-corrected chi connectivity index (χ2v) is 9.26. The van der Waals surface area contributed by atoms with Gasteiger partial charge in [0.05, 0.1) is 21.4 Å². The molecule has 9 nitrogen and oxygen atoms in total. The van der Waals surface area contributed by atoms with Gasteiger partial charge < -0.3 is 14.5 Å². The van der Waals surface area contributed by atoms with Crippen molar-refractivity contribution >= 4 is 64.5 Å². The molecule has 0 unspecified atom stereocenters. The Kier molecular flexibility index (Phi) is 9.13.